The fourth-order valence-electron chi connectivity index (χ4n) is 4.15. The third-order valence-electron chi connectivity index (χ3n) is 5.16. The van der Waals surface area contributed by atoms with Crippen molar-refractivity contribution < 1.29 is 4.79 Å². The van der Waals surface area contributed by atoms with Crippen molar-refractivity contribution in [3.8, 4) is 0 Å². The first-order chi connectivity index (χ1) is 10.2. The molecule has 1 heteroatoms. The van der Waals surface area contributed by atoms with Crippen LogP contribution in [0.5, 0.6) is 0 Å². The van der Waals surface area contributed by atoms with Crippen molar-refractivity contribution in [2.45, 2.75) is 32.1 Å². The first-order valence-electron chi connectivity index (χ1n) is 7.90. The van der Waals surface area contributed by atoms with Gasteiger partial charge in [-0.3, -0.25) is 4.79 Å². The Balaban J connectivity index is 1.53. The average Bonchev–Trinajstić information content (AvgIpc) is 3.22. The van der Waals surface area contributed by atoms with Crippen molar-refractivity contribution in [3.63, 3.8) is 0 Å². The van der Waals surface area contributed by atoms with E-state index >= 15 is 0 Å². The lowest BCUT2D eigenvalue weighted by atomic mass is 9.92. The van der Waals surface area contributed by atoms with Crippen LogP contribution in [0.3, 0.4) is 0 Å². The van der Waals surface area contributed by atoms with E-state index in [1.807, 2.05) is 6.07 Å². The molecule has 0 bridgehead atoms. The van der Waals surface area contributed by atoms with Crippen LogP contribution in [0.25, 0.3) is 0 Å². The van der Waals surface area contributed by atoms with E-state index < -0.39 is 0 Å². The average molecular weight is 276 g/mol. The molecule has 0 spiro atoms. The fraction of sp³-hybridized carbons (Fsp3) is 0.350. The summed E-state index contributed by atoms with van der Waals surface area (Å²) >= 11 is 0. The second-order valence-electron chi connectivity index (χ2n) is 6.59. The molecular formula is C20H20O. The molecular weight excluding hydrogens is 256 g/mol. The molecule has 1 saturated carbocycles. The largest absolute Gasteiger partial charge is 0.299 e. The molecule has 2 aliphatic rings. The molecule has 3 atom stereocenters. The fourth-order valence-corrected chi connectivity index (χ4v) is 4.15. The maximum absolute atomic E-state index is 12.7. The van der Waals surface area contributed by atoms with E-state index in [-0.39, 0.29) is 5.92 Å². The molecule has 2 aliphatic carbocycles. The van der Waals surface area contributed by atoms with Gasteiger partial charge in [0, 0.05) is 12.3 Å². The summed E-state index contributed by atoms with van der Waals surface area (Å²) in [6, 6.07) is 17.0. The highest BCUT2D eigenvalue weighted by Crippen LogP contribution is 2.60. The van der Waals surface area contributed by atoms with Crippen LogP contribution in [0.1, 0.15) is 34.6 Å². The molecule has 4 rings (SSSR count). The van der Waals surface area contributed by atoms with Gasteiger partial charge in [0.2, 0.25) is 0 Å². The standard InChI is InChI=1S/C20H20O/c1-13-5-4-6-14(11-13)12-18(21)20-17-10-9-15-7-2-3-8-16(15)19(17)20/h2-8,11,17,19-20H,9-10,12H2,1H3. The molecule has 1 nitrogen and oxygen atoms in total. The Labute approximate surface area is 126 Å². The van der Waals surface area contributed by atoms with Crippen molar-refractivity contribution in [2.24, 2.45) is 11.8 Å². The van der Waals surface area contributed by atoms with Crippen LogP contribution >= 0.6 is 0 Å². The van der Waals surface area contributed by atoms with Crippen LogP contribution in [0.15, 0.2) is 48.5 Å². The van der Waals surface area contributed by atoms with E-state index in [0.29, 0.717) is 24.0 Å². The number of carbonyl (C=O) groups excluding carboxylic acids is 1. The lowest BCUT2D eigenvalue weighted by Crippen LogP contribution is -2.07. The van der Waals surface area contributed by atoms with Gasteiger partial charge in [0.05, 0.1) is 0 Å². The van der Waals surface area contributed by atoms with E-state index in [1.54, 1.807) is 0 Å². The van der Waals surface area contributed by atoms with Gasteiger partial charge in [0.25, 0.3) is 0 Å². The van der Waals surface area contributed by atoms with Crippen LogP contribution in [-0.2, 0) is 17.6 Å². The number of hydrogen-bond acceptors (Lipinski definition) is 1. The molecule has 1 fully saturated rings. The minimum Gasteiger partial charge on any atom is -0.299 e. The van der Waals surface area contributed by atoms with Gasteiger partial charge in [-0.1, -0.05) is 54.1 Å². The van der Waals surface area contributed by atoms with Crippen molar-refractivity contribution in [1.82, 2.24) is 0 Å². The summed E-state index contributed by atoms with van der Waals surface area (Å²) in [7, 11) is 0. The van der Waals surface area contributed by atoms with Crippen LogP contribution < -0.4 is 0 Å². The molecule has 0 amide bonds. The summed E-state index contributed by atoms with van der Waals surface area (Å²) in [5, 5.41) is 0. The van der Waals surface area contributed by atoms with Crippen molar-refractivity contribution in [2.75, 3.05) is 0 Å². The molecule has 0 heterocycles. The summed E-state index contributed by atoms with van der Waals surface area (Å²) in [6.45, 7) is 2.08. The number of aryl methyl sites for hydroxylation is 2. The van der Waals surface area contributed by atoms with E-state index in [9.17, 15) is 4.79 Å². The number of rotatable bonds is 3. The smallest absolute Gasteiger partial charge is 0.141 e. The lowest BCUT2D eigenvalue weighted by molar-refractivity contribution is -0.120. The van der Waals surface area contributed by atoms with Crippen LogP contribution in [0.2, 0.25) is 0 Å². The summed E-state index contributed by atoms with van der Waals surface area (Å²) in [5.41, 5.74) is 5.30. The normalized spacial score (nSPS) is 25.9. The highest BCUT2D eigenvalue weighted by Gasteiger charge is 2.56. The van der Waals surface area contributed by atoms with Gasteiger partial charge in [-0.25, -0.2) is 0 Å². The van der Waals surface area contributed by atoms with Crippen LogP contribution in [-0.4, -0.2) is 5.78 Å². The number of carbonyl (C=O) groups is 1. The zero-order valence-corrected chi connectivity index (χ0v) is 12.4. The molecule has 0 aromatic heterocycles. The second-order valence-corrected chi connectivity index (χ2v) is 6.59. The number of Topliss-reactive ketones (excluding diaryl/α,β-unsaturated/α-hetero) is 1. The van der Waals surface area contributed by atoms with Gasteiger partial charge in [-0.2, -0.15) is 0 Å². The topological polar surface area (TPSA) is 17.1 Å². The maximum atomic E-state index is 12.7. The molecule has 0 saturated heterocycles. The van der Waals surface area contributed by atoms with Gasteiger partial charge in [-0.15, -0.1) is 0 Å². The molecule has 3 unspecified atom stereocenters. The van der Waals surface area contributed by atoms with Gasteiger partial charge in [-0.05, 0) is 48.3 Å². The second kappa shape index (κ2) is 4.84. The molecule has 0 aliphatic heterocycles. The third-order valence-corrected chi connectivity index (χ3v) is 5.16. The Bertz CT molecular complexity index is 700. The minimum absolute atomic E-state index is 0.272. The SMILES string of the molecule is Cc1cccc(CC(=O)C2C3CCc4ccccc4C32)c1. The summed E-state index contributed by atoms with van der Waals surface area (Å²) in [5.74, 6) is 1.82. The van der Waals surface area contributed by atoms with Gasteiger partial charge in [0.1, 0.15) is 5.78 Å². The summed E-state index contributed by atoms with van der Waals surface area (Å²) in [4.78, 5) is 12.7. The van der Waals surface area contributed by atoms with E-state index in [4.69, 9.17) is 0 Å². The number of benzene rings is 2. The maximum Gasteiger partial charge on any atom is 0.141 e. The van der Waals surface area contributed by atoms with Gasteiger partial charge in [0.15, 0.2) is 0 Å². The van der Waals surface area contributed by atoms with Crippen LogP contribution in [0, 0.1) is 18.8 Å². The lowest BCUT2D eigenvalue weighted by Gasteiger charge is -2.13. The summed E-state index contributed by atoms with van der Waals surface area (Å²) < 4.78 is 0. The highest BCUT2D eigenvalue weighted by atomic mass is 16.1. The Hall–Kier alpha value is -1.89. The number of fused-ring (bicyclic) bond motifs is 3. The number of ketones is 1. The Morgan fingerprint density at radius 3 is 2.86 bits per heavy atom. The molecule has 106 valence electrons. The molecule has 0 N–H and O–H groups in total. The monoisotopic (exact) mass is 276 g/mol. The quantitative estimate of drug-likeness (QED) is 0.825. The third kappa shape index (κ3) is 2.21. The molecule has 21 heavy (non-hydrogen) atoms. The predicted molar refractivity (Wildman–Crippen MR) is 84.4 cm³/mol. The van der Waals surface area contributed by atoms with Crippen molar-refractivity contribution in [3.05, 3.63) is 70.8 Å². The highest BCUT2D eigenvalue weighted by molar-refractivity contribution is 5.88. The zero-order valence-electron chi connectivity index (χ0n) is 12.4. The van der Waals surface area contributed by atoms with Gasteiger partial charge < -0.3 is 0 Å². The van der Waals surface area contributed by atoms with Crippen molar-refractivity contribution in [1.29, 1.82) is 0 Å². The minimum atomic E-state index is 0.272. The Morgan fingerprint density at radius 1 is 1.14 bits per heavy atom. The Morgan fingerprint density at radius 2 is 2.00 bits per heavy atom. The first kappa shape index (κ1) is 12.8. The first-order valence-corrected chi connectivity index (χ1v) is 7.90. The molecule has 2 aromatic carbocycles. The van der Waals surface area contributed by atoms with E-state index in [0.717, 1.165) is 12.0 Å². The predicted octanol–water partition coefficient (Wildman–Crippen LogP) is 4.08. The molecule has 2 aromatic rings. The van der Waals surface area contributed by atoms with Gasteiger partial charge >= 0.3 is 0 Å². The van der Waals surface area contributed by atoms with E-state index in [1.165, 1.54) is 23.1 Å². The van der Waals surface area contributed by atoms with Crippen LogP contribution in [0.4, 0.5) is 0 Å². The molecule has 0 radical (unpaired) electrons. The Kier molecular flexibility index (Phi) is 2.95. The van der Waals surface area contributed by atoms with Crippen molar-refractivity contribution >= 4 is 5.78 Å². The number of hydrogen-bond donors (Lipinski definition) is 0. The summed E-state index contributed by atoms with van der Waals surface area (Å²) in [6.07, 6.45) is 2.93. The van der Waals surface area contributed by atoms with E-state index in [2.05, 4.69) is 49.4 Å². The zero-order chi connectivity index (χ0) is 14.4.